The number of alkyl halides is 1. The first-order chi connectivity index (χ1) is 15.2. The van der Waals surface area contributed by atoms with Crippen LogP contribution in [0.15, 0.2) is 29.2 Å². The van der Waals surface area contributed by atoms with Gasteiger partial charge in [0.25, 0.3) is 0 Å². The van der Waals surface area contributed by atoms with Crippen LogP contribution in [0, 0.1) is 6.92 Å². The molecule has 0 fully saturated rings. The van der Waals surface area contributed by atoms with E-state index in [9.17, 15) is 13.0 Å². The topological polar surface area (TPSA) is 57.2 Å². The smallest absolute Gasteiger partial charge is 0.124 e. The maximum atomic E-state index is 10.4. The molecule has 0 aliphatic rings. The number of halogens is 1. The van der Waals surface area contributed by atoms with Crippen LogP contribution in [0.4, 0.5) is 0 Å². The van der Waals surface area contributed by atoms with E-state index in [1.54, 1.807) is 12.1 Å². The van der Waals surface area contributed by atoms with Crippen LogP contribution in [-0.2, 0) is 10.1 Å². The second-order valence-corrected chi connectivity index (χ2v) is 10.8. The van der Waals surface area contributed by atoms with Gasteiger partial charge in [0.15, 0.2) is 0 Å². The summed E-state index contributed by atoms with van der Waals surface area (Å²) in [6, 6.07) is 5.78. The highest BCUT2D eigenvalue weighted by molar-refractivity contribution is 7.85. The molecule has 1 rings (SSSR count). The minimum absolute atomic E-state index is 0.178. The Hall–Kier alpha value is -0.620. The lowest BCUT2D eigenvalue weighted by atomic mass is 10.1. The van der Waals surface area contributed by atoms with Crippen molar-refractivity contribution in [3.63, 3.8) is 0 Å². The fourth-order valence-corrected chi connectivity index (χ4v) is 4.63. The molecule has 0 spiro atoms. The Balaban J connectivity index is 0.000000726. The van der Waals surface area contributed by atoms with Crippen LogP contribution in [0.25, 0.3) is 0 Å². The summed E-state index contributed by atoms with van der Waals surface area (Å²) in [6.07, 6.45) is 15.0. The molecule has 0 heterocycles. The van der Waals surface area contributed by atoms with E-state index in [4.69, 9.17) is 11.6 Å². The second-order valence-electron chi connectivity index (χ2n) is 9.02. The standard InChI is InChI=1S/C19H41ClN.C7H8O3S/c1-4-7-10-13-18-21(19-14-15-20,16-11-8-5-2)17-12-9-6-3;1-6-2-4-7(5-3-6)11(8,9)10/h4-19H2,1-3H3;2-5H,1H3,(H,8,9,10)/q+1;/p-1. The predicted octanol–water partition coefficient (Wildman–Crippen LogP) is 7.29. The van der Waals surface area contributed by atoms with Crippen molar-refractivity contribution in [3.8, 4) is 0 Å². The molecule has 6 heteroatoms. The van der Waals surface area contributed by atoms with Gasteiger partial charge in [0.1, 0.15) is 10.1 Å². The quantitative estimate of drug-likeness (QED) is 0.0998. The van der Waals surface area contributed by atoms with E-state index >= 15 is 0 Å². The summed E-state index contributed by atoms with van der Waals surface area (Å²) in [5, 5.41) is 0. The maximum absolute atomic E-state index is 10.4. The minimum Gasteiger partial charge on any atom is -0.744 e. The summed E-state index contributed by atoms with van der Waals surface area (Å²) in [4.78, 5) is -0.178. The van der Waals surface area contributed by atoms with E-state index in [0.717, 1.165) is 11.4 Å². The van der Waals surface area contributed by atoms with E-state index in [0.29, 0.717) is 0 Å². The first-order valence-corrected chi connectivity index (χ1v) is 14.6. The number of hydrogen-bond donors (Lipinski definition) is 0. The Bertz CT molecular complexity index is 652. The molecule has 0 amide bonds. The van der Waals surface area contributed by atoms with Gasteiger partial charge in [0, 0.05) is 12.3 Å². The third-order valence-corrected chi connectivity index (χ3v) is 7.15. The van der Waals surface area contributed by atoms with Crippen molar-refractivity contribution in [2.45, 2.75) is 103 Å². The molecule has 1 aromatic rings. The van der Waals surface area contributed by atoms with Gasteiger partial charge in [-0.2, -0.15) is 0 Å². The highest BCUT2D eigenvalue weighted by Crippen LogP contribution is 2.18. The molecule has 0 aliphatic heterocycles. The predicted molar refractivity (Wildman–Crippen MR) is 137 cm³/mol. The number of nitrogens with zero attached hydrogens (tertiary/aromatic N) is 1. The molecule has 0 N–H and O–H groups in total. The summed E-state index contributed by atoms with van der Waals surface area (Å²) in [5.74, 6) is 0.830. The first-order valence-electron chi connectivity index (χ1n) is 12.7. The zero-order valence-electron chi connectivity index (χ0n) is 21.1. The van der Waals surface area contributed by atoms with Crippen molar-refractivity contribution in [1.29, 1.82) is 0 Å². The van der Waals surface area contributed by atoms with Gasteiger partial charge in [-0.25, -0.2) is 8.42 Å². The number of hydrogen-bond acceptors (Lipinski definition) is 3. The van der Waals surface area contributed by atoms with Gasteiger partial charge in [-0.15, -0.1) is 11.6 Å². The number of aryl methyl sites for hydroxylation is 1. The lowest BCUT2D eigenvalue weighted by Gasteiger charge is -2.39. The van der Waals surface area contributed by atoms with Gasteiger partial charge in [-0.05, 0) is 57.6 Å². The van der Waals surface area contributed by atoms with Crippen LogP contribution in [-0.4, -0.2) is 49.5 Å². The average Bonchev–Trinajstić information content (AvgIpc) is 2.76. The molecule has 0 atom stereocenters. The summed E-state index contributed by atoms with van der Waals surface area (Å²) >= 11 is 6.00. The molecule has 0 saturated heterocycles. The van der Waals surface area contributed by atoms with Crippen molar-refractivity contribution in [2.75, 3.05) is 32.1 Å². The highest BCUT2D eigenvalue weighted by Gasteiger charge is 2.25. The van der Waals surface area contributed by atoms with Crippen molar-refractivity contribution in [2.24, 2.45) is 0 Å². The van der Waals surface area contributed by atoms with E-state index in [-0.39, 0.29) is 4.90 Å². The average molecular weight is 490 g/mol. The van der Waals surface area contributed by atoms with Crippen LogP contribution in [0.5, 0.6) is 0 Å². The molecule has 0 saturated carbocycles. The monoisotopic (exact) mass is 489 g/mol. The van der Waals surface area contributed by atoms with Gasteiger partial charge in [-0.3, -0.25) is 0 Å². The Morgan fingerprint density at radius 3 is 1.53 bits per heavy atom. The molecule has 0 radical (unpaired) electrons. The van der Waals surface area contributed by atoms with Crippen LogP contribution < -0.4 is 0 Å². The van der Waals surface area contributed by atoms with Gasteiger partial charge in [0.2, 0.25) is 0 Å². The molecular weight excluding hydrogens is 442 g/mol. The number of unbranched alkanes of at least 4 members (excludes halogenated alkanes) is 7. The largest absolute Gasteiger partial charge is 0.744 e. The first kappa shape index (κ1) is 31.4. The van der Waals surface area contributed by atoms with E-state index < -0.39 is 10.1 Å². The SMILES string of the molecule is CCCCCC[N+](CCCCl)(CCCCC)CCCCC.Cc1ccc(S(=O)(=O)[O-])cc1. The van der Waals surface area contributed by atoms with E-state index in [1.165, 1.54) is 113 Å². The van der Waals surface area contributed by atoms with Gasteiger partial charge >= 0.3 is 0 Å². The normalized spacial score (nSPS) is 11.8. The molecular formula is C26H48ClNO3S. The fraction of sp³-hybridized carbons (Fsp3) is 0.769. The zero-order valence-corrected chi connectivity index (χ0v) is 22.7. The molecule has 0 bridgehead atoms. The molecule has 188 valence electrons. The number of rotatable bonds is 17. The lowest BCUT2D eigenvalue weighted by Crippen LogP contribution is -2.51. The Morgan fingerprint density at radius 1 is 0.719 bits per heavy atom. The maximum Gasteiger partial charge on any atom is 0.124 e. The Morgan fingerprint density at radius 2 is 1.12 bits per heavy atom. The van der Waals surface area contributed by atoms with Crippen LogP contribution in [0.2, 0.25) is 0 Å². The number of benzene rings is 1. The third kappa shape index (κ3) is 15.3. The Kier molecular flexibility index (Phi) is 18.4. The second kappa shape index (κ2) is 18.8. The fourth-order valence-electron chi connectivity index (χ4n) is 4.04. The van der Waals surface area contributed by atoms with Crippen molar-refractivity contribution in [1.82, 2.24) is 0 Å². The van der Waals surface area contributed by atoms with E-state index in [2.05, 4.69) is 20.8 Å². The van der Waals surface area contributed by atoms with Crippen molar-refractivity contribution >= 4 is 21.7 Å². The molecule has 32 heavy (non-hydrogen) atoms. The summed E-state index contributed by atoms with van der Waals surface area (Å²) in [5.41, 5.74) is 0.928. The third-order valence-electron chi connectivity index (χ3n) is 6.03. The highest BCUT2D eigenvalue weighted by atomic mass is 35.5. The molecule has 0 aliphatic carbocycles. The van der Waals surface area contributed by atoms with E-state index in [1.807, 2.05) is 6.92 Å². The lowest BCUT2D eigenvalue weighted by molar-refractivity contribution is -0.928. The summed E-state index contributed by atoms with van der Waals surface area (Å²) in [7, 11) is -4.27. The number of quaternary nitrogens is 1. The Labute approximate surface area is 204 Å². The molecule has 4 nitrogen and oxygen atoms in total. The molecule has 1 aromatic carbocycles. The molecule has 0 aromatic heterocycles. The van der Waals surface area contributed by atoms with Crippen LogP contribution in [0.1, 0.15) is 97.0 Å². The van der Waals surface area contributed by atoms with Crippen molar-refractivity contribution < 1.29 is 17.5 Å². The summed E-state index contributed by atoms with van der Waals surface area (Å²) < 4.78 is 32.5. The summed E-state index contributed by atoms with van der Waals surface area (Å²) in [6.45, 7) is 14.2. The van der Waals surface area contributed by atoms with Crippen LogP contribution >= 0.6 is 11.6 Å². The molecule has 0 unspecified atom stereocenters. The van der Waals surface area contributed by atoms with Crippen molar-refractivity contribution in [3.05, 3.63) is 29.8 Å². The van der Waals surface area contributed by atoms with Gasteiger partial charge < -0.3 is 9.04 Å². The minimum atomic E-state index is -4.27. The van der Waals surface area contributed by atoms with Crippen LogP contribution in [0.3, 0.4) is 0 Å². The van der Waals surface area contributed by atoms with Gasteiger partial charge in [0.05, 0.1) is 31.1 Å². The zero-order chi connectivity index (χ0) is 24.3. The van der Waals surface area contributed by atoms with Gasteiger partial charge in [-0.1, -0.05) is 64.2 Å².